The zero-order valence-corrected chi connectivity index (χ0v) is 22.5. The lowest BCUT2D eigenvalue weighted by Gasteiger charge is -2.34. The van der Waals surface area contributed by atoms with E-state index in [1.54, 1.807) is 4.57 Å². The molecule has 1 heterocycles. The van der Waals surface area contributed by atoms with Crippen LogP contribution in [-0.4, -0.2) is 26.9 Å². The number of para-hydroxylation sites is 1. The van der Waals surface area contributed by atoms with E-state index in [0.29, 0.717) is 36.1 Å². The van der Waals surface area contributed by atoms with Crippen LogP contribution in [0.5, 0.6) is 0 Å². The predicted molar refractivity (Wildman–Crippen MR) is 145 cm³/mol. The van der Waals surface area contributed by atoms with Gasteiger partial charge in [-0.05, 0) is 67.5 Å². The number of benzene rings is 2. The van der Waals surface area contributed by atoms with Crippen LogP contribution in [0.4, 0.5) is 0 Å². The minimum Gasteiger partial charge on any atom is -0.332 e. The molecule has 0 saturated carbocycles. The second kappa shape index (κ2) is 11.2. The van der Waals surface area contributed by atoms with E-state index in [4.69, 9.17) is 4.98 Å². The maximum absolute atomic E-state index is 13.9. The lowest BCUT2D eigenvalue weighted by atomic mass is 9.91. The van der Waals surface area contributed by atoms with E-state index < -0.39 is 0 Å². The number of carbonyl (C=O) groups is 1. The minimum absolute atomic E-state index is 0.0934. The van der Waals surface area contributed by atoms with Crippen molar-refractivity contribution in [2.24, 2.45) is 5.41 Å². The molecule has 0 aliphatic rings. The fourth-order valence-corrected chi connectivity index (χ4v) is 4.57. The summed E-state index contributed by atoms with van der Waals surface area (Å²) < 4.78 is 1.74. The quantitative estimate of drug-likeness (QED) is 0.316. The van der Waals surface area contributed by atoms with Crippen LogP contribution < -0.4 is 5.56 Å². The molecular weight excluding hydrogens is 434 g/mol. The van der Waals surface area contributed by atoms with Crippen LogP contribution >= 0.6 is 0 Å². The van der Waals surface area contributed by atoms with E-state index in [1.165, 1.54) is 5.56 Å². The van der Waals surface area contributed by atoms with E-state index in [0.717, 1.165) is 30.5 Å². The largest absolute Gasteiger partial charge is 0.332 e. The molecule has 35 heavy (non-hydrogen) atoms. The Morgan fingerprint density at radius 2 is 1.74 bits per heavy atom. The highest BCUT2D eigenvalue weighted by Crippen LogP contribution is 2.30. The summed E-state index contributed by atoms with van der Waals surface area (Å²) in [5, 5.41) is 0.586. The van der Waals surface area contributed by atoms with Crippen molar-refractivity contribution in [3.8, 4) is 5.69 Å². The van der Waals surface area contributed by atoms with Gasteiger partial charge in [0.1, 0.15) is 5.82 Å². The zero-order chi connectivity index (χ0) is 25.8. The molecule has 3 aromatic rings. The van der Waals surface area contributed by atoms with Gasteiger partial charge < -0.3 is 4.90 Å². The Morgan fingerprint density at radius 1 is 1.03 bits per heavy atom. The SMILES string of the molecule is CCCCCN(C(=O)CC(C)(C)C)C(CC)c1nc2ccccc2c(=O)n1-c1ccc(C)c(C)c1. The Morgan fingerprint density at radius 3 is 2.37 bits per heavy atom. The van der Waals surface area contributed by atoms with Crippen LogP contribution in [0.15, 0.2) is 47.3 Å². The zero-order valence-electron chi connectivity index (χ0n) is 22.5. The van der Waals surface area contributed by atoms with Gasteiger partial charge in [0, 0.05) is 13.0 Å². The van der Waals surface area contributed by atoms with Crippen molar-refractivity contribution < 1.29 is 4.79 Å². The standard InChI is InChI=1S/C30H41N3O2/c1-8-10-13-18-32(27(34)20-30(5,6)7)26(9-2)28-31-25-15-12-11-14-24(25)29(35)33(28)23-17-16-21(3)22(4)19-23/h11-12,14-17,19,26H,8-10,13,18,20H2,1-7H3. The van der Waals surface area contributed by atoms with Gasteiger partial charge in [-0.25, -0.2) is 4.98 Å². The van der Waals surface area contributed by atoms with Crippen molar-refractivity contribution >= 4 is 16.8 Å². The van der Waals surface area contributed by atoms with Crippen molar-refractivity contribution in [3.63, 3.8) is 0 Å². The van der Waals surface area contributed by atoms with Crippen LogP contribution in [0.2, 0.25) is 0 Å². The second-order valence-electron chi connectivity index (χ2n) is 10.9. The summed E-state index contributed by atoms with van der Waals surface area (Å²) in [5.41, 5.74) is 3.53. The third kappa shape index (κ3) is 6.19. The molecule has 3 rings (SSSR count). The van der Waals surface area contributed by atoms with Gasteiger partial charge in [-0.3, -0.25) is 14.2 Å². The number of amides is 1. The van der Waals surface area contributed by atoms with Crippen LogP contribution in [0, 0.1) is 19.3 Å². The minimum atomic E-state index is -0.291. The highest BCUT2D eigenvalue weighted by atomic mass is 16.2. The van der Waals surface area contributed by atoms with Crippen molar-refractivity contribution in [3.05, 3.63) is 69.8 Å². The van der Waals surface area contributed by atoms with Gasteiger partial charge in [-0.1, -0.05) is 65.7 Å². The number of aromatic nitrogens is 2. The lowest BCUT2D eigenvalue weighted by Crippen LogP contribution is -2.40. The second-order valence-corrected chi connectivity index (χ2v) is 10.9. The number of nitrogens with zero attached hydrogens (tertiary/aromatic N) is 3. The molecule has 1 aromatic heterocycles. The third-order valence-electron chi connectivity index (χ3n) is 6.62. The summed E-state index contributed by atoms with van der Waals surface area (Å²) in [6.45, 7) is 15.3. The van der Waals surface area contributed by atoms with Crippen LogP contribution in [-0.2, 0) is 4.79 Å². The highest BCUT2D eigenvalue weighted by molar-refractivity contribution is 5.79. The smallest absolute Gasteiger partial charge is 0.266 e. The van der Waals surface area contributed by atoms with Gasteiger partial charge in [-0.2, -0.15) is 0 Å². The van der Waals surface area contributed by atoms with E-state index in [2.05, 4.69) is 48.5 Å². The molecule has 0 aliphatic carbocycles. The first kappa shape index (κ1) is 26.7. The van der Waals surface area contributed by atoms with Gasteiger partial charge in [0.15, 0.2) is 0 Å². The first-order valence-electron chi connectivity index (χ1n) is 13.0. The highest BCUT2D eigenvalue weighted by Gasteiger charge is 2.30. The van der Waals surface area contributed by atoms with Gasteiger partial charge in [0.2, 0.25) is 5.91 Å². The molecule has 0 radical (unpaired) electrons. The van der Waals surface area contributed by atoms with Crippen LogP contribution in [0.3, 0.4) is 0 Å². The predicted octanol–water partition coefficient (Wildman–Crippen LogP) is 6.91. The number of aryl methyl sites for hydroxylation is 2. The number of unbranched alkanes of at least 4 members (excludes halogenated alkanes) is 2. The first-order chi connectivity index (χ1) is 16.6. The van der Waals surface area contributed by atoms with Gasteiger partial charge in [-0.15, -0.1) is 0 Å². The normalized spacial score (nSPS) is 12.7. The van der Waals surface area contributed by atoms with Crippen LogP contribution in [0.1, 0.15) is 89.7 Å². The fourth-order valence-electron chi connectivity index (χ4n) is 4.57. The molecule has 1 unspecified atom stereocenters. The molecule has 5 heteroatoms. The number of fused-ring (bicyclic) bond motifs is 1. The summed E-state index contributed by atoms with van der Waals surface area (Å²) in [6, 6.07) is 13.3. The molecular formula is C30H41N3O2. The topological polar surface area (TPSA) is 55.2 Å². The summed E-state index contributed by atoms with van der Waals surface area (Å²) in [6.07, 6.45) is 4.21. The van der Waals surface area contributed by atoms with Crippen molar-refractivity contribution in [1.29, 1.82) is 0 Å². The number of rotatable bonds is 9. The maximum Gasteiger partial charge on any atom is 0.266 e. The fraction of sp³-hybridized carbons (Fsp3) is 0.500. The Hall–Kier alpha value is -2.95. The number of carbonyl (C=O) groups excluding carboxylic acids is 1. The van der Waals surface area contributed by atoms with Gasteiger partial charge in [0.25, 0.3) is 5.56 Å². The lowest BCUT2D eigenvalue weighted by molar-refractivity contribution is -0.136. The van der Waals surface area contributed by atoms with Crippen molar-refractivity contribution in [2.75, 3.05) is 6.54 Å². The summed E-state index contributed by atoms with van der Waals surface area (Å²) >= 11 is 0. The van der Waals surface area contributed by atoms with E-state index >= 15 is 0 Å². The Labute approximate surface area is 210 Å². The van der Waals surface area contributed by atoms with Crippen molar-refractivity contribution in [2.45, 2.75) is 86.6 Å². The average molecular weight is 476 g/mol. The molecule has 0 aliphatic heterocycles. The van der Waals surface area contributed by atoms with Gasteiger partial charge in [0.05, 0.1) is 22.6 Å². The maximum atomic E-state index is 13.9. The molecule has 1 amide bonds. The third-order valence-corrected chi connectivity index (χ3v) is 6.62. The molecule has 5 nitrogen and oxygen atoms in total. The monoisotopic (exact) mass is 475 g/mol. The number of hydrogen-bond donors (Lipinski definition) is 0. The van der Waals surface area contributed by atoms with E-state index in [-0.39, 0.29) is 22.9 Å². The van der Waals surface area contributed by atoms with E-state index in [1.807, 2.05) is 47.4 Å². The van der Waals surface area contributed by atoms with Crippen LogP contribution in [0.25, 0.3) is 16.6 Å². The van der Waals surface area contributed by atoms with Gasteiger partial charge >= 0.3 is 0 Å². The molecule has 188 valence electrons. The first-order valence-corrected chi connectivity index (χ1v) is 13.0. The molecule has 0 N–H and O–H groups in total. The molecule has 0 bridgehead atoms. The molecule has 0 spiro atoms. The molecule has 0 fully saturated rings. The van der Waals surface area contributed by atoms with E-state index in [9.17, 15) is 9.59 Å². The van der Waals surface area contributed by atoms with Crippen molar-refractivity contribution in [1.82, 2.24) is 14.5 Å². The molecule has 2 aromatic carbocycles. The Bertz CT molecular complexity index is 1240. The summed E-state index contributed by atoms with van der Waals surface area (Å²) in [7, 11) is 0. The Kier molecular flexibility index (Phi) is 8.52. The molecule has 1 atom stereocenters. The molecule has 0 saturated heterocycles. The Balaban J connectivity index is 2.25. The summed E-state index contributed by atoms with van der Waals surface area (Å²) in [5.74, 6) is 0.757. The summed E-state index contributed by atoms with van der Waals surface area (Å²) in [4.78, 5) is 34.5. The number of hydrogen-bond acceptors (Lipinski definition) is 3. The average Bonchev–Trinajstić information content (AvgIpc) is 2.79.